The number of nitrogens with zero attached hydrogens (tertiary/aromatic N) is 4. The third-order valence-electron chi connectivity index (χ3n) is 7.95. The van der Waals surface area contributed by atoms with E-state index in [9.17, 15) is 18.0 Å². The molecule has 0 bridgehead atoms. The molecule has 1 saturated heterocycles. The van der Waals surface area contributed by atoms with Crippen LogP contribution in [0.15, 0.2) is 30.3 Å². The van der Waals surface area contributed by atoms with Gasteiger partial charge < -0.3 is 14.8 Å². The van der Waals surface area contributed by atoms with E-state index in [4.69, 9.17) is 23.2 Å². The van der Waals surface area contributed by atoms with Gasteiger partial charge in [-0.2, -0.15) is 13.2 Å². The number of hydrogen-bond acceptors (Lipinski definition) is 3. The number of fused-ring (bicyclic) bond motifs is 1. The van der Waals surface area contributed by atoms with Crippen molar-refractivity contribution in [2.45, 2.75) is 51.7 Å². The standard InChI is InChI=1S/C28H29ClF3N5O/c1-17-6-10-37(11-7-17)24-15-23-22(14-21(24)33-2)35-25(36(23)3)13-19-12-18(4-5-20(19)29)16-34-26(38)27(8-9-27)28(30,31)32/h4-5,12,14-15,17H,6-11,13,16H2,1,3H3,(H,34,38). The van der Waals surface area contributed by atoms with Gasteiger partial charge >= 0.3 is 6.18 Å². The lowest BCUT2D eigenvalue weighted by molar-refractivity contribution is -0.192. The third-order valence-corrected chi connectivity index (χ3v) is 8.32. The molecule has 3 aromatic rings. The number of hydrogen-bond donors (Lipinski definition) is 1. The number of piperidine rings is 1. The molecule has 0 radical (unpaired) electrons. The summed E-state index contributed by atoms with van der Waals surface area (Å²) in [5.74, 6) is 0.451. The molecule has 0 spiro atoms. The summed E-state index contributed by atoms with van der Waals surface area (Å²) < 4.78 is 41.7. The zero-order valence-corrected chi connectivity index (χ0v) is 22.1. The molecule has 1 aliphatic heterocycles. The van der Waals surface area contributed by atoms with Gasteiger partial charge in [-0.15, -0.1) is 0 Å². The molecule has 0 unspecified atom stereocenters. The van der Waals surface area contributed by atoms with Crippen molar-refractivity contribution in [2.75, 3.05) is 18.0 Å². The SMILES string of the molecule is [C-]#[N+]c1cc2nc(Cc3cc(CNC(=O)C4(C(F)(F)F)CC4)ccc3Cl)n(C)c2cc1N1CCC(C)CC1. The molecule has 1 N–H and O–H groups in total. The average Bonchev–Trinajstić information content (AvgIpc) is 3.66. The number of carbonyl (C=O) groups is 1. The molecular weight excluding hydrogens is 515 g/mol. The van der Waals surface area contributed by atoms with Gasteiger partial charge in [-0.05, 0) is 60.9 Å². The fourth-order valence-corrected chi connectivity index (χ4v) is 5.36. The minimum Gasteiger partial charge on any atom is -0.380 e. The number of rotatable bonds is 6. The van der Waals surface area contributed by atoms with Gasteiger partial charge in [0.15, 0.2) is 0 Å². The van der Waals surface area contributed by atoms with Gasteiger partial charge in [-0.25, -0.2) is 9.83 Å². The van der Waals surface area contributed by atoms with Crippen molar-refractivity contribution in [1.82, 2.24) is 14.9 Å². The zero-order valence-electron chi connectivity index (χ0n) is 21.3. The normalized spacial score (nSPS) is 17.4. The first-order valence-electron chi connectivity index (χ1n) is 12.8. The number of benzene rings is 2. The van der Waals surface area contributed by atoms with Gasteiger partial charge in [0, 0.05) is 43.8 Å². The molecule has 1 saturated carbocycles. The maximum absolute atomic E-state index is 13.2. The summed E-state index contributed by atoms with van der Waals surface area (Å²) in [5.41, 5.74) is 2.32. The van der Waals surface area contributed by atoms with E-state index in [0.717, 1.165) is 54.0 Å². The number of halogens is 4. The number of carbonyl (C=O) groups excluding carboxylic acids is 1. The fraction of sp³-hybridized carbons (Fsp3) is 0.464. The maximum Gasteiger partial charge on any atom is 0.403 e. The Kier molecular flexibility index (Phi) is 6.80. The van der Waals surface area contributed by atoms with Gasteiger partial charge in [0.2, 0.25) is 11.6 Å². The lowest BCUT2D eigenvalue weighted by Crippen LogP contribution is -2.40. The van der Waals surface area contributed by atoms with Gasteiger partial charge in [-0.3, -0.25) is 4.79 Å². The summed E-state index contributed by atoms with van der Waals surface area (Å²) in [5, 5.41) is 2.95. The number of amides is 1. The Bertz CT molecular complexity index is 1430. The summed E-state index contributed by atoms with van der Waals surface area (Å²) in [7, 11) is 1.93. The molecule has 1 amide bonds. The summed E-state index contributed by atoms with van der Waals surface area (Å²) >= 11 is 6.47. The highest BCUT2D eigenvalue weighted by molar-refractivity contribution is 6.31. The van der Waals surface area contributed by atoms with E-state index in [1.54, 1.807) is 18.2 Å². The van der Waals surface area contributed by atoms with Crippen LogP contribution < -0.4 is 10.2 Å². The largest absolute Gasteiger partial charge is 0.403 e. The number of nitrogens with one attached hydrogen (secondary N) is 1. The molecular formula is C28H29ClF3N5O. The summed E-state index contributed by atoms with van der Waals surface area (Å²) in [6.45, 7) is 11.8. The lowest BCUT2D eigenvalue weighted by Gasteiger charge is -2.33. The van der Waals surface area contributed by atoms with Crippen molar-refractivity contribution in [1.29, 1.82) is 0 Å². The van der Waals surface area contributed by atoms with Crippen molar-refractivity contribution >= 4 is 39.9 Å². The Balaban J connectivity index is 1.37. The third kappa shape index (κ3) is 4.82. The predicted molar refractivity (Wildman–Crippen MR) is 141 cm³/mol. The van der Waals surface area contributed by atoms with Crippen LogP contribution in [0.25, 0.3) is 15.9 Å². The van der Waals surface area contributed by atoms with E-state index in [1.807, 2.05) is 23.7 Å². The molecule has 2 aliphatic rings. The van der Waals surface area contributed by atoms with Crippen LogP contribution >= 0.6 is 11.6 Å². The number of aromatic nitrogens is 2. The van der Waals surface area contributed by atoms with E-state index in [0.29, 0.717) is 28.6 Å². The molecule has 0 atom stereocenters. The number of aryl methyl sites for hydroxylation is 1. The van der Waals surface area contributed by atoms with Crippen LogP contribution in [0, 0.1) is 17.9 Å². The van der Waals surface area contributed by atoms with E-state index >= 15 is 0 Å². The van der Waals surface area contributed by atoms with Gasteiger partial charge in [0.25, 0.3) is 0 Å². The van der Waals surface area contributed by atoms with Crippen molar-refractivity contribution in [3.8, 4) is 0 Å². The quantitative estimate of drug-likeness (QED) is 0.358. The van der Waals surface area contributed by atoms with E-state index < -0.39 is 17.5 Å². The summed E-state index contributed by atoms with van der Waals surface area (Å²) in [6, 6.07) is 9.05. The minimum absolute atomic E-state index is 0.0183. The second-order valence-corrected chi connectivity index (χ2v) is 11.0. The first-order chi connectivity index (χ1) is 18.0. The highest BCUT2D eigenvalue weighted by Crippen LogP contribution is 2.57. The number of imidazole rings is 1. The van der Waals surface area contributed by atoms with Gasteiger partial charge in [0.05, 0.1) is 17.6 Å². The minimum atomic E-state index is -4.54. The molecule has 1 aliphatic carbocycles. The molecule has 1 aromatic heterocycles. The van der Waals surface area contributed by atoms with Crippen molar-refractivity contribution < 1.29 is 18.0 Å². The van der Waals surface area contributed by atoms with Crippen molar-refractivity contribution in [3.05, 3.63) is 63.7 Å². The van der Waals surface area contributed by atoms with Crippen LogP contribution in [-0.4, -0.2) is 34.7 Å². The molecule has 2 aromatic carbocycles. The van der Waals surface area contributed by atoms with E-state index in [-0.39, 0.29) is 19.4 Å². The topological polar surface area (TPSA) is 54.5 Å². The Hall–Kier alpha value is -3.25. The van der Waals surface area contributed by atoms with E-state index in [1.165, 1.54) is 0 Å². The first kappa shape index (κ1) is 26.4. The number of alkyl halides is 3. The first-order valence-corrected chi connectivity index (χ1v) is 13.1. The highest BCUT2D eigenvalue weighted by atomic mass is 35.5. The Morgan fingerprint density at radius 1 is 1.24 bits per heavy atom. The molecule has 200 valence electrons. The highest BCUT2D eigenvalue weighted by Gasteiger charge is 2.68. The monoisotopic (exact) mass is 543 g/mol. The maximum atomic E-state index is 13.2. The fourth-order valence-electron chi connectivity index (χ4n) is 5.18. The summed E-state index contributed by atoms with van der Waals surface area (Å²) in [6.07, 6.45) is -2.30. The summed E-state index contributed by atoms with van der Waals surface area (Å²) in [4.78, 5) is 23.1. The molecule has 2 heterocycles. The second kappa shape index (κ2) is 9.81. The van der Waals surface area contributed by atoms with E-state index in [2.05, 4.69) is 22.0 Å². The average molecular weight is 544 g/mol. The van der Waals surface area contributed by atoms with Crippen LogP contribution in [0.4, 0.5) is 24.5 Å². The lowest BCUT2D eigenvalue weighted by atomic mass is 9.98. The zero-order chi connectivity index (χ0) is 27.2. The van der Waals surface area contributed by atoms with Crippen LogP contribution in [0.2, 0.25) is 5.02 Å². The predicted octanol–water partition coefficient (Wildman–Crippen LogP) is 6.56. The molecule has 6 nitrogen and oxygen atoms in total. The van der Waals surface area contributed by atoms with Gasteiger partial charge in [0.1, 0.15) is 11.2 Å². The van der Waals surface area contributed by atoms with Gasteiger partial charge in [-0.1, -0.05) is 30.7 Å². The molecule has 2 fully saturated rings. The Morgan fingerprint density at radius 2 is 1.95 bits per heavy atom. The smallest absolute Gasteiger partial charge is 0.380 e. The molecule has 5 rings (SSSR count). The van der Waals surface area contributed by atoms with Crippen LogP contribution in [0.5, 0.6) is 0 Å². The van der Waals surface area contributed by atoms with Crippen molar-refractivity contribution in [3.63, 3.8) is 0 Å². The van der Waals surface area contributed by atoms with Crippen LogP contribution in [0.3, 0.4) is 0 Å². The second-order valence-electron chi connectivity index (χ2n) is 10.6. The Labute approximate surface area is 224 Å². The molecule has 38 heavy (non-hydrogen) atoms. The van der Waals surface area contributed by atoms with Crippen LogP contribution in [0.1, 0.15) is 49.6 Å². The Morgan fingerprint density at radius 3 is 2.58 bits per heavy atom. The number of anilines is 1. The van der Waals surface area contributed by atoms with Crippen molar-refractivity contribution in [2.24, 2.45) is 18.4 Å². The van der Waals surface area contributed by atoms with Crippen LogP contribution in [-0.2, 0) is 24.8 Å². The molecule has 10 heteroatoms.